The van der Waals surface area contributed by atoms with Crippen LogP contribution in [0.15, 0.2) is 30.5 Å². The minimum atomic E-state index is -2.94. The molecule has 1 saturated heterocycles. The van der Waals surface area contributed by atoms with Crippen LogP contribution in [-0.2, 0) is 16.4 Å². The van der Waals surface area contributed by atoms with Gasteiger partial charge in [0.25, 0.3) is 0 Å². The average Bonchev–Trinajstić information content (AvgIpc) is 2.93. The van der Waals surface area contributed by atoms with Gasteiger partial charge in [-0.2, -0.15) is 10.1 Å². The minimum absolute atomic E-state index is 0.0937. The van der Waals surface area contributed by atoms with Crippen molar-refractivity contribution >= 4 is 21.6 Å². The molecular weight excluding hydrogens is 326 g/mol. The number of nitrogens with zero attached hydrogens (tertiary/aromatic N) is 4. The van der Waals surface area contributed by atoms with Crippen LogP contribution in [0.3, 0.4) is 0 Å². The van der Waals surface area contributed by atoms with Crippen molar-refractivity contribution < 1.29 is 8.42 Å². The summed E-state index contributed by atoms with van der Waals surface area (Å²) in [5.74, 6) is 1.43. The number of sulfone groups is 1. The number of anilines is 2. The van der Waals surface area contributed by atoms with Crippen LogP contribution in [0.25, 0.3) is 0 Å². The van der Waals surface area contributed by atoms with E-state index in [2.05, 4.69) is 39.6 Å². The molecule has 1 unspecified atom stereocenters. The van der Waals surface area contributed by atoms with Gasteiger partial charge >= 0.3 is 0 Å². The van der Waals surface area contributed by atoms with E-state index in [4.69, 9.17) is 0 Å². The number of rotatable bonds is 5. The highest BCUT2D eigenvalue weighted by molar-refractivity contribution is 7.91. The second-order valence-electron chi connectivity index (χ2n) is 6.15. The molecule has 1 aromatic heterocycles. The van der Waals surface area contributed by atoms with Gasteiger partial charge in [-0.15, -0.1) is 5.10 Å². The highest BCUT2D eigenvalue weighted by Crippen LogP contribution is 2.20. The molecule has 0 bridgehead atoms. The monoisotopic (exact) mass is 347 g/mol. The van der Waals surface area contributed by atoms with Crippen molar-refractivity contribution in [1.82, 2.24) is 15.2 Å². The molecule has 1 aromatic carbocycles. The summed E-state index contributed by atoms with van der Waals surface area (Å²) < 4.78 is 23.3. The zero-order valence-electron chi connectivity index (χ0n) is 13.8. The predicted octanol–water partition coefficient (Wildman–Crippen LogP) is 1.42. The molecule has 8 heteroatoms. The summed E-state index contributed by atoms with van der Waals surface area (Å²) in [5.41, 5.74) is 2.36. The van der Waals surface area contributed by atoms with Crippen LogP contribution in [0, 0.1) is 6.92 Å². The third-order valence-electron chi connectivity index (χ3n) is 4.18. The highest BCUT2D eigenvalue weighted by Gasteiger charge is 2.31. The molecule has 0 saturated carbocycles. The average molecular weight is 347 g/mol. The fourth-order valence-electron chi connectivity index (χ4n) is 2.79. The zero-order valence-corrected chi connectivity index (χ0v) is 14.6. The Kier molecular flexibility index (Phi) is 4.66. The Balaban J connectivity index is 1.67. The zero-order chi connectivity index (χ0) is 17.2. The van der Waals surface area contributed by atoms with Crippen LogP contribution in [0.1, 0.15) is 17.5 Å². The molecule has 0 aliphatic carbocycles. The van der Waals surface area contributed by atoms with E-state index in [1.807, 2.05) is 19.2 Å². The summed E-state index contributed by atoms with van der Waals surface area (Å²) in [6.07, 6.45) is 2.17. The predicted molar refractivity (Wildman–Crippen MR) is 93.8 cm³/mol. The lowest BCUT2D eigenvalue weighted by molar-refractivity contribution is 0.600. The standard InChI is InChI=1S/C16H21N5O2S/c1-12-4-3-5-13(8-12)9-17-15-10-18-20-16(19-15)21(2)14-6-7-24(22,23)11-14/h3-5,8,10,14H,6-7,9,11H2,1-2H3,(H,17,19,20). The Bertz CT molecular complexity index is 825. The molecule has 1 N–H and O–H groups in total. The van der Waals surface area contributed by atoms with Gasteiger partial charge < -0.3 is 10.2 Å². The van der Waals surface area contributed by atoms with Crippen LogP contribution in [0.2, 0.25) is 0 Å². The van der Waals surface area contributed by atoms with E-state index in [-0.39, 0.29) is 17.5 Å². The van der Waals surface area contributed by atoms with Crippen molar-refractivity contribution in [2.24, 2.45) is 0 Å². The SMILES string of the molecule is Cc1cccc(CNc2cnnc(N(C)C3CCS(=O)(=O)C3)n2)c1. The number of benzene rings is 1. The molecule has 0 radical (unpaired) electrons. The number of hydrogen-bond acceptors (Lipinski definition) is 7. The molecule has 24 heavy (non-hydrogen) atoms. The third kappa shape index (κ3) is 4.00. The molecule has 1 aliphatic rings. The van der Waals surface area contributed by atoms with Crippen molar-refractivity contribution in [2.75, 3.05) is 28.8 Å². The molecule has 1 fully saturated rings. The first kappa shape index (κ1) is 16.6. The maximum Gasteiger partial charge on any atom is 0.247 e. The largest absolute Gasteiger partial charge is 0.365 e. The van der Waals surface area contributed by atoms with Gasteiger partial charge in [-0.05, 0) is 18.9 Å². The maximum atomic E-state index is 11.6. The molecule has 0 amide bonds. The molecule has 3 rings (SSSR count). The lowest BCUT2D eigenvalue weighted by Gasteiger charge is -2.22. The van der Waals surface area contributed by atoms with Gasteiger partial charge in [-0.1, -0.05) is 29.8 Å². The maximum absolute atomic E-state index is 11.6. The van der Waals surface area contributed by atoms with Gasteiger partial charge in [-0.3, -0.25) is 0 Å². The molecular formula is C16H21N5O2S. The van der Waals surface area contributed by atoms with Gasteiger partial charge in [0, 0.05) is 19.6 Å². The van der Waals surface area contributed by atoms with E-state index < -0.39 is 9.84 Å². The Labute approximate surface area is 142 Å². The second kappa shape index (κ2) is 6.72. The summed E-state index contributed by atoms with van der Waals surface area (Å²) in [6.45, 7) is 2.69. The lowest BCUT2D eigenvalue weighted by atomic mass is 10.1. The first-order valence-corrected chi connectivity index (χ1v) is 9.67. The normalized spacial score (nSPS) is 19.2. The number of aryl methyl sites for hydroxylation is 1. The molecule has 2 heterocycles. The van der Waals surface area contributed by atoms with Crippen molar-refractivity contribution in [3.63, 3.8) is 0 Å². The molecule has 128 valence electrons. The van der Waals surface area contributed by atoms with Crippen LogP contribution < -0.4 is 10.2 Å². The van der Waals surface area contributed by atoms with Crippen molar-refractivity contribution in [2.45, 2.75) is 25.9 Å². The van der Waals surface area contributed by atoms with Crippen LogP contribution in [0.4, 0.5) is 11.8 Å². The van der Waals surface area contributed by atoms with E-state index in [0.717, 1.165) is 5.56 Å². The van der Waals surface area contributed by atoms with Gasteiger partial charge in [-0.25, -0.2) is 8.42 Å². The smallest absolute Gasteiger partial charge is 0.247 e. The molecule has 1 atom stereocenters. The van der Waals surface area contributed by atoms with Crippen molar-refractivity contribution in [1.29, 1.82) is 0 Å². The lowest BCUT2D eigenvalue weighted by Crippen LogP contribution is -2.34. The quantitative estimate of drug-likeness (QED) is 0.875. The Hall–Kier alpha value is -2.22. The second-order valence-corrected chi connectivity index (χ2v) is 8.38. The number of aromatic nitrogens is 3. The van der Waals surface area contributed by atoms with E-state index in [1.54, 1.807) is 11.1 Å². The van der Waals surface area contributed by atoms with Gasteiger partial charge in [0.15, 0.2) is 15.7 Å². The molecule has 2 aromatic rings. The van der Waals surface area contributed by atoms with Crippen molar-refractivity contribution in [3.8, 4) is 0 Å². The molecule has 1 aliphatic heterocycles. The van der Waals surface area contributed by atoms with Gasteiger partial charge in [0.05, 0.1) is 17.7 Å². The van der Waals surface area contributed by atoms with Crippen molar-refractivity contribution in [3.05, 3.63) is 41.6 Å². The summed E-state index contributed by atoms with van der Waals surface area (Å²) >= 11 is 0. The first-order valence-electron chi connectivity index (χ1n) is 7.85. The highest BCUT2D eigenvalue weighted by atomic mass is 32.2. The Morgan fingerprint density at radius 3 is 2.92 bits per heavy atom. The topological polar surface area (TPSA) is 88.1 Å². The Morgan fingerprint density at radius 1 is 1.38 bits per heavy atom. The summed E-state index contributed by atoms with van der Waals surface area (Å²) in [5, 5.41) is 11.2. The van der Waals surface area contributed by atoms with E-state index in [0.29, 0.717) is 24.7 Å². The fraction of sp³-hybridized carbons (Fsp3) is 0.438. The third-order valence-corrected chi connectivity index (χ3v) is 5.93. The first-order chi connectivity index (χ1) is 11.4. The molecule has 7 nitrogen and oxygen atoms in total. The van der Waals surface area contributed by atoms with Crippen LogP contribution in [-0.4, -0.2) is 48.2 Å². The summed E-state index contributed by atoms with van der Waals surface area (Å²) in [7, 11) is -1.13. The fourth-order valence-corrected chi connectivity index (χ4v) is 4.56. The van der Waals surface area contributed by atoms with Crippen LogP contribution in [0.5, 0.6) is 0 Å². The van der Waals surface area contributed by atoms with Crippen LogP contribution >= 0.6 is 0 Å². The van der Waals surface area contributed by atoms with E-state index in [1.165, 1.54) is 5.56 Å². The number of nitrogens with one attached hydrogen (secondary N) is 1. The van der Waals surface area contributed by atoms with E-state index in [9.17, 15) is 8.42 Å². The minimum Gasteiger partial charge on any atom is -0.365 e. The van der Waals surface area contributed by atoms with Gasteiger partial charge in [0.1, 0.15) is 0 Å². The summed E-state index contributed by atoms with van der Waals surface area (Å²) in [4.78, 5) is 6.25. The van der Waals surface area contributed by atoms with E-state index >= 15 is 0 Å². The van der Waals surface area contributed by atoms with Gasteiger partial charge in [0.2, 0.25) is 5.95 Å². The summed E-state index contributed by atoms with van der Waals surface area (Å²) in [6, 6.07) is 8.13. The molecule has 0 spiro atoms. The Morgan fingerprint density at radius 2 is 2.21 bits per heavy atom. The number of hydrogen-bond donors (Lipinski definition) is 1.